The van der Waals surface area contributed by atoms with Gasteiger partial charge in [-0.2, -0.15) is 0 Å². The van der Waals surface area contributed by atoms with Crippen LogP contribution >= 0.6 is 0 Å². The fourth-order valence-electron chi connectivity index (χ4n) is 7.58. The summed E-state index contributed by atoms with van der Waals surface area (Å²) in [6.07, 6.45) is -11.2. The number of hydrogen-bond donors (Lipinski definition) is 0. The molecule has 0 N–H and O–H groups in total. The van der Waals surface area contributed by atoms with E-state index in [1.807, 2.05) is 152 Å². The normalized spacial score (nSPS) is 25.3. The van der Waals surface area contributed by atoms with Crippen molar-refractivity contribution in [1.82, 2.24) is 0 Å². The molecule has 0 radical (unpaired) electrons. The van der Waals surface area contributed by atoms with Gasteiger partial charge in [-0.25, -0.2) is 14.4 Å². The average molecular weight is 877 g/mol. The molecule has 0 aliphatic carbocycles. The first kappa shape index (κ1) is 46.2. The third-order valence-corrected chi connectivity index (χ3v) is 10.8. The predicted molar refractivity (Wildman–Crippen MR) is 228 cm³/mol. The number of esters is 3. The molecule has 0 unspecified atom stereocenters. The molecule has 14 heteroatoms. The Kier molecular flexibility index (Phi) is 16.4. The largest absolute Gasteiger partial charge is 0.467 e. The van der Waals surface area contributed by atoms with Crippen molar-refractivity contribution < 1.29 is 66.5 Å². The zero-order valence-corrected chi connectivity index (χ0v) is 35.8. The fraction of sp³-hybridized carbons (Fsp3) is 0.340. The van der Waals surface area contributed by atoms with E-state index in [1.165, 1.54) is 14.2 Å². The summed E-state index contributed by atoms with van der Waals surface area (Å²) in [5, 5.41) is 0. The second-order valence-corrected chi connectivity index (χ2v) is 15.0. The lowest BCUT2D eigenvalue weighted by Crippen LogP contribution is -2.66. The van der Waals surface area contributed by atoms with Gasteiger partial charge in [-0.05, 0) is 27.8 Å². The molecule has 7 rings (SSSR count). The molecule has 2 saturated heterocycles. The van der Waals surface area contributed by atoms with Crippen molar-refractivity contribution in [1.29, 1.82) is 0 Å². The molecule has 64 heavy (non-hydrogen) atoms. The van der Waals surface area contributed by atoms with Crippen molar-refractivity contribution >= 4 is 17.9 Å². The Balaban J connectivity index is 1.33. The first-order valence-electron chi connectivity index (χ1n) is 20.9. The zero-order valence-electron chi connectivity index (χ0n) is 35.8. The molecule has 14 nitrogen and oxygen atoms in total. The molecule has 0 bridgehead atoms. The van der Waals surface area contributed by atoms with Crippen molar-refractivity contribution in [2.24, 2.45) is 0 Å². The average Bonchev–Trinajstić information content (AvgIpc) is 3.67. The molecular weight excluding hydrogens is 825 g/mol. The van der Waals surface area contributed by atoms with E-state index < -0.39 is 72.7 Å². The number of hydrogen-bond acceptors (Lipinski definition) is 14. The summed E-state index contributed by atoms with van der Waals surface area (Å²) in [5.41, 5.74) is 3.88. The Morgan fingerprint density at radius 2 is 0.797 bits per heavy atom. The first-order valence-corrected chi connectivity index (χ1v) is 20.9. The van der Waals surface area contributed by atoms with Crippen LogP contribution in [-0.4, -0.2) is 94.0 Å². The van der Waals surface area contributed by atoms with E-state index in [2.05, 4.69) is 0 Å². The van der Waals surface area contributed by atoms with E-state index in [0.29, 0.717) is 0 Å². The minimum Gasteiger partial charge on any atom is -0.467 e. The zero-order chi connectivity index (χ0) is 44.7. The lowest BCUT2D eigenvalue weighted by atomic mass is 9.96. The molecule has 2 aliphatic heterocycles. The predicted octanol–water partition coefficient (Wildman–Crippen LogP) is 6.27. The lowest BCUT2D eigenvalue weighted by Gasteiger charge is -2.47. The summed E-state index contributed by atoms with van der Waals surface area (Å²) >= 11 is 0. The van der Waals surface area contributed by atoms with Crippen LogP contribution in [0.5, 0.6) is 0 Å². The first-order chi connectivity index (χ1) is 31.3. The van der Waals surface area contributed by atoms with E-state index in [0.717, 1.165) is 34.9 Å². The summed E-state index contributed by atoms with van der Waals surface area (Å²) in [4.78, 5) is 42.2. The van der Waals surface area contributed by atoms with Gasteiger partial charge in [0, 0.05) is 0 Å². The lowest BCUT2D eigenvalue weighted by molar-refractivity contribution is -0.378. The van der Waals surface area contributed by atoms with Gasteiger partial charge in [0.05, 0.1) is 54.4 Å². The monoisotopic (exact) mass is 876 g/mol. The van der Waals surface area contributed by atoms with Crippen LogP contribution in [0.2, 0.25) is 0 Å². The highest BCUT2D eigenvalue weighted by molar-refractivity contribution is 5.83. The van der Waals surface area contributed by atoms with Gasteiger partial charge < -0.3 is 52.1 Å². The summed E-state index contributed by atoms with van der Waals surface area (Å²) in [7, 11) is 3.53. The molecule has 2 heterocycles. The molecule has 5 aromatic carbocycles. The Morgan fingerprint density at radius 1 is 0.438 bits per heavy atom. The van der Waals surface area contributed by atoms with Gasteiger partial charge in [-0.15, -0.1) is 0 Å². The van der Waals surface area contributed by atoms with Crippen molar-refractivity contribution in [2.45, 2.75) is 87.8 Å². The van der Waals surface area contributed by atoms with Crippen LogP contribution in [0.15, 0.2) is 152 Å². The molecule has 336 valence electrons. The van der Waals surface area contributed by atoms with Crippen molar-refractivity contribution in [2.75, 3.05) is 21.3 Å². The van der Waals surface area contributed by atoms with Gasteiger partial charge in [-0.3, -0.25) is 0 Å². The quantitative estimate of drug-likeness (QED) is 0.0638. The number of carbonyl (C=O) groups excluding carboxylic acids is 3. The highest BCUT2D eigenvalue weighted by Crippen LogP contribution is 2.43. The van der Waals surface area contributed by atoms with Crippen LogP contribution < -0.4 is 0 Å². The highest BCUT2D eigenvalue weighted by Gasteiger charge is 2.68. The topological polar surface area (TPSA) is 153 Å². The summed E-state index contributed by atoms with van der Waals surface area (Å²) < 4.78 is 68.7. The Labute approximate surface area is 372 Å². The number of benzene rings is 5. The minimum absolute atomic E-state index is 0.00182. The van der Waals surface area contributed by atoms with Gasteiger partial charge in [0.15, 0.2) is 24.6 Å². The molecule has 5 aromatic rings. The van der Waals surface area contributed by atoms with Gasteiger partial charge in [0.1, 0.15) is 24.4 Å². The molecule has 0 spiro atoms. The third-order valence-electron chi connectivity index (χ3n) is 10.8. The fourth-order valence-corrected chi connectivity index (χ4v) is 7.58. The molecule has 0 amide bonds. The van der Waals surface area contributed by atoms with E-state index in [1.54, 1.807) is 0 Å². The highest BCUT2D eigenvalue weighted by atomic mass is 16.8. The second-order valence-electron chi connectivity index (χ2n) is 15.0. The number of methoxy groups -OCH3 is 3. The van der Waals surface area contributed by atoms with Crippen molar-refractivity contribution in [3.05, 3.63) is 179 Å². The standard InChI is InChI=1S/C50H52O14/c1-54-46(51)42-39(57-29-34-19-9-4-10-20-34)40(58-30-35-21-11-5-12-22-35)44(60-32-37-25-15-7-16-26-37)48(62-42)64-50(49(53)56-3)45(61-33-38-27-17-8-18-28-38)41(43(63-50)47(52)55-2)59-31-36-23-13-6-14-24-36/h4-28,39-45,48H,29-33H2,1-3H3/t39-,40-,41+,42-,43-,44+,45-,48+,50+/m0/s1. The van der Waals surface area contributed by atoms with E-state index in [-0.39, 0.29) is 33.0 Å². The smallest absolute Gasteiger partial charge is 0.369 e. The van der Waals surface area contributed by atoms with E-state index in [9.17, 15) is 14.4 Å². The maximum Gasteiger partial charge on any atom is 0.369 e. The number of carbonyl (C=O) groups is 3. The van der Waals surface area contributed by atoms with E-state index in [4.69, 9.17) is 52.1 Å². The maximum absolute atomic E-state index is 14.6. The van der Waals surface area contributed by atoms with Crippen LogP contribution in [-0.2, 0) is 99.5 Å². The van der Waals surface area contributed by atoms with Gasteiger partial charge in [-0.1, -0.05) is 152 Å². The maximum atomic E-state index is 14.6. The third kappa shape index (κ3) is 11.3. The second kappa shape index (κ2) is 22.7. The summed E-state index contributed by atoms with van der Waals surface area (Å²) in [5.74, 6) is -5.43. The van der Waals surface area contributed by atoms with E-state index >= 15 is 0 Å². The van der Waals surface area contributed by atoms with Crippen LogP contribution in [0.4, 0.5) is 0 Å². The number of rotatable bonds is 20. The van der Waals surface area contributed by atoms with Crippen LogP contribution in [0, 0.1) is 0 Å². The van der Waals surface area contributed by atoms with Crippen molar-refractivity contribution in [3.63, 3.8) is 0 Å². The molecule has 0 saturated carbocycles. The SMILES string of the molecule is COC(=O)[C@H]1O[C@](O[C@H]2O[C@H](C(=O)OC)[C@@H](OCc3ccccc3)[C@H](OCc3ccccc3)[C@H]2OCc2ccccc2)(C(=O)OC)[C@@H](OCc2ccccc2)[C@@H]1OCc1ccccc1. The molecule has 2 aliphatic rings. The molecule has 2 fully saturated rings. The molecule has 9 atom stereocenters. The number of ether oxygens (including phenoxy) is 11. The molecular formula is C50H52O14. The summed E-state index contributed by atoms with van der Waals surface area (Å²) in [6, 6.07) is 46.6. The van der Waals surface area contributed by atoms with Gasteiger partial charge in [0.2, 0.25) is 0 Å². The van der Waals surface area contributed by atoms with Gasteiger partial charge >= 0.3 is 23.7 Å². The van der Waals surface area contributed by atoms with Crippen LogP contribution in [0.3, 0.4) is 0 Å². The van der Waals surface area contributed by atoms with Crippen LogP contribution in [0.25, 0.3) is 0 Å². The Bertz CT molecular complexity index is 2200. The van der Waals surface area contributed by atoms with Gasteiger partial charge in [0.25, 0.3) is 0 Å². The van der Waals surface area contributed by atoms with Crippen molar-refractivity contribution in [3.8, 4) is 0 Å². The Hall–Kier alpha value is -5.81. The summed E-state index contributed by atoms with van der Waals surface area (Å²) in [6.45, 7) is -0.00568. The Morgan fingerprint density at radius 3 is 1.20 bits per heavy atom. The molecule has 0 aromatic heterocycles. The minimum atomic E-state index is -2.62. The van der Waals surface area contributed by atoms with Crippen LogP contribution in [0.1, 0.15) is 27.8 Å².